The zero-order chi connectivity index (χ0) is 18.3. The van der Waals surface area contributed by atoms with Crippen LogP contribution in [0.15, 0.2) is 42.7 Å². The lowest BCUT2D eigenvalue weighted by Crippen LogP contribution is -2.04. The number of anilines is 1. The Morgan fingerprint density at radius 1 is 1.19 bits per heavy atom. The average Bonchev–Trinajstić information content (AvgIpc) is 2.96. The van der Waals surface area contributed by atoms with E-state index in [1.54, 1.807) is 4.57 Å². The van der Waals surface area contributed by atoms with E-state index in [-0.39, 0.29) is 17.2 Å². The molecule has 0 unspecified atom stereocenters. The van der Waals surface area contributed by atoms with E-state index in [1.165, 1.54) is 0 Å². The van der Waals surface area contributed by atoms with Gasteiger partial charge in [-0.25, -0.2) is 9.97 Å². The molecule has 6 nitrogen and oxygen atoms in total. The smallest absolute Gasteiger partial charge is 0.225 e. The van der Waals surface area contributed by atoms with Crippen molar-refractivity contribution >= 4 is 39.1 Å². The second-order valence-electron chi connectivity index (χ2n) is 6.43. The van der Waals surface area contributed by atoms with E-state index in [0.717, 1.165) is 21.9 Å². The third-order valence-corrected chi connectivity index (χ3v) is 4.49. The molecule has 0 aliphatic carbocycles. The first-order valence-corrected chi connectivity index (χ1v) is 8.75. The fourth-order valence-electron chi connectivity index (χ4n) is 2.99. The Kier molecular flexibility index (Phi) is 4.12. The Bertz CT molecular complexity index is 1110. The molecule has 0 aliphatic heterocycles. The third kappa shape index (κ3) is 2.93. The molecule has 3 heterocycles. The van der Waals surface area contributed by atoms with Crippen molar-refractivity contribution in [1.29, 1.82) is 0 Å². The Balaban J connectivity index is 1.68. The zero-order valence-corrected chi connectivity index (χ0v) is 15.2. The molecule has 0 atom stereocenters. The molecule has 7 heteroatoms. The lowest BCUT2D eigenvalue weighted by molar-refractivity contribution is 0.404. The van der Waals surface area contributed by atoms with Gasteiger partial charge in [-0.3, -0.25) is 4.98 Å². The van der Waals surface area contributed by atoms with Crippen LogP contribution in [0.3, 0.4) is 0 Å². The van der Waals surface area contributed by atoms with Crippen LogP contribution in [-0.4, -0.2) is 24.6 Å². The SMILES string of the molecule is CC(C)n1cc2c(NCc3cc4ccccc4cn3)nc(Cl)nc2c1O. The molecule has 1 aromatic carbocycles. The number of aromatic nitrogens is 4. The number of hydrogen-bond acceptors (Lipinski definition) is 5. The molecule has 4 rings (SSSR count). The lowest BCUT2D eigenvalue weighted by atomic mass is 10.1. The standard InChI is InChI=1S/C19H18ClN5O/c1-11(2)25-10-15-16(18(25)26)23-19(20)24-17(15)22-9-14-7-12-5-3-4-6-13(12)8-21-14/h3-8,10-11,26H,9H2,1-2H3,(H,22,23,24). The number of rotatable bonds is 4. The van der Waals surface area contributed by atoms with Gasteiger partial charge < -0.3 is 15.0 Å². The first-order chi connectivity index (χ1) is 12.5. The van der Waals surface area contributed by atoms with E-state index in [4.69, 9.17) is 11.6 Å². The van der Waals surface area contributed by atoms with Crippen LogP contribution in [0.5, 0.6) is 5.88 Å². The second-order valence-corrected chi connectivity index (χ2v) is 6.77. The summed E-state index contributed by atoms with van der Waals surface area (Å²) in [5.74, 6) is 0.663. The molecule has 0 saturated carbocycles. The van der Waals surface area contributed by atoms with Crippen LogP contribution in [0.25, 0.3) is 21.7 Å². The number of halogens is 1. The summed E-state index contributed by atoms with van der Waals surface area (Å²) in [5, 5.41) is 16.7. The molecule has 4 aromatic rings. The maximum absolute atomic E-state index is 10.4. The van der Waals surface area contributed by atoms with Gasteiger partial charge >= 0.3 is 0 Å². The van der Waals surface area contributed by atoms with Crippen molar-refractivity contribution in [2.75, 3.05) is 5.32 Å². The normalized spacial score (nSPS) is 11.5. The van der Waals surface area contributed by atoms with Gasteiger partial charge in [-0.05, 0) is 36.9 Å². The van der Waals surface area contributed by atoms with Crippen LogP contribution in [0, 0.1) is 0 Å². The molecule has 3 aromatic heterocycles. The fourth-order valence-corrected chi connectivity index (χ4v) is 3.15. The van der Waals surface area contributed by atoms with Gasteiger partial charge in [-0.1, -0.05) is 24.3 Å². The van der Waals surface area contributed by atoms with Gasteiger partial charge in [0.15, 0.2) is 0 Å². The number of aromatic hydroxyl groups is 1. The lowest BCUT2D eigenvalue weighted by Gasteiger charge is -2.07. The monoisotopic (exact) mass is 367 g/mol. The molecule has 132 valence electrons. The predicted octanol–water partition coefficient (Wildman–Crippen LogP) is 4.53. The van der Waals surface area contributed by atoms with E-state index in [2.05, 4.69) is 26.3 Å². The molecule has 0 amide bonds. The van der Waals surface area contributed by atoms with E-state index in [9.17, 15) is 5.11 Å². The summed E-state index contributed by atoms with van der Waals surface area (Å²) in [4.78, 5) is 12.9. The zero-order valence-electron chi connectivity index (χ0n) is 14.4. The minimum atomic E-state index is 0.0864. The van der Waals surface area contributed by atoms with E-state index in [1.807, 2.05) is 50.5 Å². The fraction of sp³-hybridized carbons (Fsp3) is 0.211. The van der Waals surface area contributed by atoms with E-state index in [0.29, 0.717) is 17.9 Å². The number of pyridine rings is 1. The molecule has 0 aliphatic rings. The molecule has 0 bridgehead atoms. The van der Waals surface area contributed by atoms with Crippen LogP contribution in [0.4, 0.5) is 5.82 Å². The number of hydrogen-bond donors (Lipinski definition) is 2. The van der Waals surface area contributed by atoms with Crippen LogP contribution < -0.4 is 5.32 Å². The number of nitrogens with one attached hydrogen (secondary N) is 1. The minimum absolute atomic E-state index is 0.0864. The highest BCUT2D eigenvalue weighted by Crippen LogP contribution is 2.33. The van der Waals surface area contributed by atoms with Crippen LogP contribution in [-0.2, 0) is 6.54 Å². The van der Waals surface area contributed by atoms with Gasteiger partial charge in [0.1, 0.15) is 11.3 Å². The van der Waals surface area contributed by atoms with Gasteiger partial charge in [0, 0.05) is 23.8 Å². The summed E-state index contributed by atoms with van der Waals surface area (Å²) in [6.45, 7) is 4.46. The van der Waals surface area contributed by atoms with Gasteiger partial charge in [-0.2, -0.15) is 0 Å². The highest BCUT2D eigenvalue weighted by atomic mass is 35.5. The molecule has 0 fully saturated rings. The first kappa shape index (κ1) is 16.6. The van der Waals surface area contributed by atoms with Crippen molar-refractivity contribution in [3.63, 3.8) is 0 Å². The topological polar surface area (TPSA) is 75.9 Å². The van der Waals surface area contributed by atoms with Gasteiger partial charge in [0.25, 0.3) is 0 Å². The summed E-state index contributed by atoms with van der Waals surface area (Å²) >= 11 is 6.05. The molecule has 26 heavy (non-hydrogen) atoms. The average molecular weight is 368 g/mol. The van der Waals surface area contributed by atoms with Crippen molar-refractivity contribution in [2.24, 2.45) is 0 Å². The molecule has 0 spiro atoms. The Hall–Kier alpha value is -2.86. The molecular weight excluding hydrogens is 350 g/mol. The van der Waals surface area contributed by atoms with Crippen LogP contribution in [0.1, 0.15) is 25.6 Å². The summed E-state index contributed by atoms with van der Waals surface area (Å²) < 4.78 is 1.75. The summed E-state index contributed by atoms with van der Waals surface area (Å²) in [7, 11) is 0. The largest absolute Gasteiger partial charge is 0.493 e. The first-order valence-electron chi connectivity index (χ1n) is 8.37. The van der Waals surface area contributed by atoms with Crippen molar-refractivity contribution in [1.82, 2.24) is 19.5 Å². The molecule has 2 N–H and O–H groups in total. The van der Waals surface area contributed by atoms with Crippen LogP contribution in [0.2, 0.25) is 5.28 Å². The Labute approximate surface area is 155 Å². The van der Waals surface area contributed by atoms with Gasteiger partial charge in [0.05, 0.1) is 17.6 Å². The van der Waals surface area contributed by atoms with Gasteiger partial charge in [0.2, 0.25) is 11.2 Å². The number of benzene rings is 1. The van der Waals surface area contributed by atoms with Crippen LogP contribution >= 0.6 is 11.6 Å². The van der Waals surface area contributed by atoms with Gasteiger partial charge in [-0.15, -0.1) is 0 Å². The maximum atomic E-state index is 10.4. The van der Waals surface area contributed by atoms with E-state index >= 15 is 0 Å². The van der Waals surface area contributed by atoms with Crippen molar-refractivity contribution in [3.8, 4) is 5.88 Å². The highest BCUT2D eigenvalue weighted by Gasteiger charge is 2.17. The molecular formula is C19H18ClN5O. The summed E-state index contributed by atoms with van der Waals surface area (Å²) in [6.07, 6.45) is 3.69. The Morgan fingerprint density at radius 2 is 1.96 bits per heavy atom. The highest BCUT2D eigenvalue weighted by molar-refractivity contribution is 6.29. The molecule has 0 radical (unpaired) electrons. The minimum Gasteiger partial charge on any atom is -0.493 e. The third-order valence-electron chi connectivity index (χ3n) is 4.32. The Morgan fingerprint density at radius 3 is 2.73 bits per heavy atom. The number of fused-ring (bicyclic) bond motifs is 2. The molecule has 0 saturated heterocycles. The number of nitrogens with zero attached hydrogens (tertiary/aromatic N) is 4. The maximum Gasteiger partial charge on any atom is 0.225 e. The summed E-state index contributed by atoms with van der Waals surface area (Å²) in [6, 6.07) is 10.2. The van der Waals surface area contributed by atoms with Crippen molar-refractivity contribution in [3.05, 3.63) is 53.7 Å². The summed E-state index contributed by atoms with van der Waals surface area (Å²) in [5.41, 5.74) is 1.33. The van der Waals surface area contributed by atoms with Crippen molar-refractivity contribution < 1.29 is 5.11 Å². The second kappa shape index (κ2) is 6.46. The quantitative estimate of drug-likeness (QED) is 0.518. The van der Waals surface area contributed by atoms with Crippen molar-refractivity contribution in [2.45, 2.75) is 26.4 Å². The predicted molar refractivity (Wildman–Crippen MR) is 104 cm³/mol. The van der Waals surface area contributed by atoms with E-state index < -0.39 is 0 Å².